The van der Waals surface area contributed by atoms with E-state index in [9.17, 15) is 0 Å². The van der Waals surface area contributed by atoms with E-state index >= 15 is 0 Å². The van der Waals surface area contributed by atoms with E-state index in [1.54, 1.807) is 0 Å². The molecular weight excluding hydrogens is 691 g/mol. The number of fused-ring (bicyclic) bond motifs is 4. The summed E-state index contributed by atoms with van der Waals surface area (Å²) in [6.07, 6.45) is 0. The molecule has 0 amide bonds. The second-order valence-electron chi connectivity index (χ2n) is 14.6. The number of hydrogen-bond acceptors (Lipinski definition) is 2. The molecule has 0 radical (unpaired) electrons. The molecule has 1 heterocycles. The van der Waals surface area contributed by atoms with E-state index in [1.165, 1.54) is 65.3 Å². The van der Waals surface area contributed by atoms with Gasteiger partial charge in [-0.15, -0.1) is 10.2 Å². The molecule has 0 aliphatic rings. The average Bonchev–Trinajstić information content (AvgIpc) is 3.74. The lowest BCUT2D eigenvalue weighted by Crippen LogP contribution is -2.00. The van der Waals surface area contributed by atoms with Gasteiger partial charge in [0.05, 0.1) is 0 Å². The maximum Gasteiger partial charge on any atom is 0.168 e. The quantitative estimate of drug-likeness (QED) is 0.160. The molecule has 0 bridgehead atoms. The summed E-state index contributed by atoms with van der Waals surface area (Å²) in [6.45, 7) is 0. The number of nitrogens with zero attached hydrogens (tertiary/aromatic N) is 3. The standard InChI is InChI=1S/C54H35N3/c1-3-15-39(16-4-1)53-55-56-54(57(53)46-19-5-2-6-20-46)40-27-23-38(24-28-40)43-31-32-49-50(35-43)52(45-30-26-37-14-8-10-18-42(37)34-45)48-22-12-11-21-47(48)51(49)44-29-25-36-13-7-9-17-41(36)33-44/h1-35H. The molecule has 3 nitrogen and oxygen atoms in total. The Bertz CT molecular complexity index is 3270. The van der Waals surface area contributed by atoms with Crippen LogP contribution in [0.1, 0.15) is 0 Å². The zero-order chi connectivity index (χ0) is 37.7. The minimum Gasteiger partial charge on any atom is -0.275 e. The molecule has 0 unspecified atom stereocenters. The maximum atomic E-state index is 4.75. The van der Waals surface area contributed by atoms with Crippen LogP contribution in [-0.4, -0.2) is 14.8 Å². The van der Waals surface area contributed by atoms with Crippen molar-refractivity contribution in [1.82, 2.24) is 14.8 Å². The van der Waals surface area contributed by atoms with Gasteiger partial charge in [0.25, 0.3) is 0 Å². The Balaban J connectivity index is 1.10. The number of rotatable bonds is 6. The van der Waals surface area contributed by atoms with Gasteiger partial charge in [-0.3, -0.25) is 4.57 Å². The minimum absolute atomic E-state index is 0.801. The molecule has 57 heavy (non-hydrogen) atoms. The van der Waals surface area contributed by atoms with Gasteiger partial charge in [0.15, 0.2) is 11.6 Å². The molecular formula is C54H35N3. The van der Waals surface area contributed by atoms with Crippen molar-refractivity contribution >= 4 is 43.1 Å². The fourth-order valence-electron chi connectivity index (χ4n) is 8.55. The zero-order valence-electron chi connectivity index (χ0n) is 31.0. The highest BCUT2D eigenvalue weighted by atomic mass is 15.3. The Kier molecular flexibility index (Phi) is 7.82. The molecule has 3 heteroatoms. The van der Waals surface area contributed by atoms with Crippen molar-refractivity contribution in [1.29, 1.82) is 0 Å². The molecule has 0 saturated heterocycles. The van der Waals surface area contributed by atoms with Crippen molar-refractivity contribution in [3.05, 3.63) is 212 Å². The lowest BCUT2D eigenvalue weighted by atomic mass is 9.84. The van der Waals surface area contributed by atoms with E-state index in [-0.39, 0.29) is 0 Å². The Morgan fingerprint density at radius 1 is 0.263 bits per heavy atom. The van der Waals surface area contributed by atoms with Crippen molar-refractivity contribution in [3.63, 3.8) is 0 Å². The lowest BCUT2D eigenvalue weighted by molar-refractivity contribution is 1.07. The van der Waals surface area contributed by atoms with Gasteiger partial charge in [-0.2, -0.15) is 0 Å². The van der Waals surface area contributed by atoms with Crippen LogP contribution in [0.2, 0.25) is 0 Å². The SMILES string of the molecule is c1ccc(-c2nnc(-c3ccc(-c4ccc5c(-c6ccc7ccccc7c6)c6ccccc6c(-c6ccc7ccccc7c6)c5c4)cc3)n2-c2ccccc2)cc1. The topological polar surface area (TPSA) is 30.7 Å². The van der Waals surface area contributed by atoms with Gasteiger partial charge in [0.2, 0.25) is 0 Å². The van der Waals surface area contributed by atoms with E-state index in [2.05, 4.69) is 193 Å². The Hall–Kier alpha value is -7.62. The Morgan fingerprint density at radius 3 is 1.28 bits per heavy atom. The second-order valence-corrected chi connectivity index (χ2v) is 14.6. The van der Waals surface area contributed by atoms with Crippen LogP contribution >= 0.6 is 0 Å². The van der Waals surface area contributed by atoms with Crippen LogP contribution in [0, 0.1) is 0 Å². The van der Waals surface area contributed by atoms with Crippen LogP contribution in [0.25, 0.3) is 105 Å². The first-order valence-corrected chi connectivity index (χ1v) is 19.4. The maximum absolute atomic E-state index is 4.75. The van der Waals surface area contributed by atoms with Gasteiger partial charge in [-0.1, -0.05) is 182 Å². The summed E-state index contributed by atoms with van der Waals surface area (Å²) in [4.78, 5) is 0. The van der Waals surface area contributed by atoms with Crippen LogP contribution < -0.4 is 0 Å². The molecule has 0 saturated carbocycles. The average molecular weight is 726 g/mol. The van der Waals surface area contributed by atoms with Gasteiger partial charge in [0.1, 0.15) is 0 Å². The third-order valence-electron chi connectivity index (χ3n) is 11.3. The highest BCUT2D eigenvalue weighted by Crippen LogP contribution is 2.46. The van der Waals surface area contributed by atoms with Gasteiger partial charge < -0.3 is 0 Å². The molecule has 11 rings (SSSR count). The third-order valence-corrected chi connectivity index (χ3v) is 11.3. The van der Waals surface area contributed by atoms with Crippen LogP contribution in [0.4, 0.5) is 0 Å². The van der Waals surface area contributed by atoms with Gasteiger partial charge in [-0.05, 0) is 107 Å². The molecule has 0 aliphatic carbocycles. The largest absolute Gasteiger partial charge is 0.275 e. The first-order chi connectivity index (χ1) is 28.3. The fourth-order valence-corrected chi connectivity index (χ4v) is 8.55. The molecule has 266 valence electrons. The summed E-state index contributed by atoms with van der Waals surface area (Å²) in [6, 6.07) is 76.3. The van der Waals surface area contributed by atoms with Crippen LogP contribution in [0.15, 0.2) is 212 Å². The number of aromatic nitrogens is 3. The third kappa shape index (κ3) is 5.68. The minimum atomic E-state index is 0.801. The molecule has 0 fully saturated rings. The van der Waals surface area contributed by atoms with Crippen LogP contribution in [0.3, 0.4) is 0 Å². The molecule has 0 spiro atoms. The highest BCUT2D eigenvalue weighted by molar-refractivity contribution is 6.22. The summed E-state index contributed by atoms with van der Waals surface area (Å²) in [5.74, 6) is 1.61. The van der Waals surface area contributed by atoms with Crippen molar-refractivity contribution in [2.45, 2.75) is 0 Å². The van der Waals surface area contributed by atoms with E-state index in [0.29, 0.717) is 0 Å². The summed E-state index contributed by atoms with van der Waals surface area (Å²) >= 11 is 0. The van der Waals surface area contributed by atoms with E-state index in [0.717, 1.165) is 39.6 Å². The summed E-state index contributed by atoms with van der Waals surface area (Å²) < 4.78 is 2.15. The number of benzene rings is 10. The number of para-hydroxylation sites is 1. The summed E-state index contributed by atoms with van der Waals surface area (Å²) in [5.41, 5.74) is 10.3. The Labute approximate surface area is 330 Å². The first kappa shape index (κ1) is 32.8. The van der Waals surface area contributed by atoms with Crippen LogP contribution in [0.5, 0.6) is 0 Å². The summed E-state index contributed by atoms with van der Waals surface area (Å²) in [7, 11) is 0. The van der Waals surface area contributed by atoms with Crippen molar-refractivity contribution < 1.29 is 0 Å². The van der Waals surface area contributed by atoms with E-state index < -0.39 is 0 Å². The number of hydrogen-bond donors (Lipinski definition) is 0. The van der Waals surface area contributed by atoms with Crippen molar-refractivity contribution in [2.75, 3.05) is 0 Å². The molecule has 0 N–H and O–H groups in total. The fraction of sp³-hybridized carbons (Fsp3) is 0. The van der Waals surface area contributed by atoms with E-state index in [1.807, 2.05) is 24.3 Å². The van der Waals surface area contributed by atoms with Crippen molar-refractivity contribution in [2.24, 2.45) is 0 Å². The highest BCUT2D eigenvalue weighted by Gasteiger charge is 2.20. The normalized spacial score (nSPS) is 11.5. The molecule has 10 aromatic carbocycles. The van der Waals surface area contributed by atoms with Crippen molar-refractivity contribution in [3.8, 4) is 61.8 Å². The molecule has 1 aromatic heterocycles. The summed E-state index contributed by atoms with van der Waals surface area (Å²) in [5, 5.41) is 19.3. The molecule has 11 aromatic rings. The van der Waals surface area contributed by atoms with Crippen LogP contribution in [-0.2, 0) is 0 Å². The first-order valence-electron chi connectivity index (χ1n) is 19.4. The van der Waals surface area contributed by atoms with Gasteiger partial charge in [-0.25, -0.2) is 0 Å². The van der Waals surface area contributed by atoms with Gasteiger partial charge >= 0.3 is 0 Å². The second kappa shape index (κ2) is 13.6. The zero-order valence-corrected chi connectivity index (χ0v) is 31.0. The smallest absolute Gasteiger partial charge is 0.168 e. The Morgan fingerprint density at radius 2 is 0.684 bits per heavy atom. The molecule has 0 atom stereocenters. The predicted octanol–water partition coefficient (Wildman–Crippen LogP) is 14.2. The van der Waals surface area contributed by atoms with E-state index in [4.69, 9.17) is 10.2 Å². The van der Waals surface area contributed by atoms with Gasteiger partial charge in [0, 0.05) is 16.8 Å². The predicted molar refractivity (Wildman–Crippen MR) is 239 cm³/mol. The lowest BCUT2D eigenvalue weighted by Gasteiger charge is -2.19. The monoisotopic (exact) mass is 725 g/mol. The molecule has 0 aliphatic heterocycles.